The number of urea groups is 1. The first-order chi connectivity index (χ1) is 10.8. The van der Waals surface area contributed by atoms with E-state index in [0.29, 0.717) is 13.1 Å². The van der Waals surface area contributed by atoms with Gasteiger partial charge in [0.25, 0.3) is 0 Å². The minimum Gasteiger partial charge on any atom is -0.345 e. The van der Waals surface area contributed by atoms with E-state index in [4.69, 9.17) is 0 Å². The molecule has 3 amide bonds. The topological polar surface area (TPSA) is 70.5 Å². The van der Waals surface area contributed by atoms with Crippen LogP contribution in [0.5, 0.6) is 0 Å². The maximum atomic E-state index is 12.6. The number of aryl methyl sites for hydroxylation is 2. The molecule has 1 N–H and O–H groups in total. The Morgan fingerprint density at radius 2 is 1.96 bits per heavy atom. The summed E-state index contributed by atoms with van der Waals surface area (Å²) in [6.07, 6.45) is 2.65. The third-order valence-electron chi connectivity index (χ3n) is 5.33. The van der Waals surface area contributed by atoms with Crippen molar-refractivity contribution in [2.75, 3.05) is 32.0 Å². The standard InChI is InChI=1S/C16H25N5O2/c1-11-13(12(2)20(4)18-11)17-15(23)21-9-7-16(10-21)6-5-8-19(3)14(16)22/h5-10H2,1-4H3,(H,17,23)/t16-/m1/s1. The molecule has 1 atom stereocenters. The number of amides is 3. The molecule has 1 spiro atoms. The summed E-state index contributed by atoms with van der Waals surface area (Å²) in [6, 6.07) is -0.137. The van der Waals surface area contributed by atoms with Crippen molar-refractivity contribution in [1.29, 1.82) is 0 Å². The number of carbonyl (C=O) groups is 2. The Morgan fingerprint density at radius 3 is 2.61 bits per heavy atom. The lowest BCUT2D eigenvalue weighted by atomic mass is 9.78. The molecule has 3 heterocycles. The van der Waals surface area contributed by atoms with Crippen LogP contribution < -0.4 is 5.32 Å². The number of anilines is 1. The number of nitrogens with zero attached hydrogens (tertiary/aromatic N) is 4. The number of carbonyl (C=O) groups excluding carboxylic acids is 2. The number of rotatable bonds is 1. The van der Waals surface area contributed by atoms with Crippen molar-refractivity contribution in [3.05, 3.63) is 11.4 Å². The van der Waals surface area contributed by atoms with Crippen LogP contribution in [-0.4, -0.2) is 58.2 Å². The predicted octanol–water partition coefficient (Wildman–Crippen LogP) is 1.51. The van der Waals surface area contributed by atoms with Gasteiger partial charge < -0.3 is 15.1 Å². The van der Waals surface area contributed by atoms with Crippen LogP contribution in [0.1, 0.15) is 30.7 Å². The van der Waals surface area contributed by atoms with Crippen LogP contribution in [0.15, 0.2) is 0 Å². The van der Waals surface area contributed by atoms with Gasteiger partial charge in [0.2, 0.25) is 5.91 Å². The average Bonchev–Trinajstić information content (AvgIpc) is 3.03. The minimum absolute atomic E-state index is 0.137. The Labute approximate surface area is 136 Å². The zero-order valence-electron chi connectivity index (χ0n) is 14.3. The van der Waals surface area contributed by atoms with Gasteiger partial charge in [-0.2, -0.15) is 5.10 Å². The van der Waals surface area contributed by atoms with Gasteiger partial charge in [0.15, 0.2) is 0 Å². The third-order valence-corrected chi connectivity index (χ3v) is 5.33. The molecule has 7 heteroatoms. The minimum atomic E-state index is -0.372. The molecule has 0 aliphatic carbocycles. The van der Waals surface area contributed by atoms with Gasteiger partial charge in [-0.05, 0) is 33.1 Å². The summed E-state index contributed by atoms with van der Waals surface area (Å²) in [5, 5.41) is 7.29. The highest BCUT2D eigenvalue weighted by molar-refractivity contribution is 5.92. The Bertz CT molecular complexity index is 653. The molecule has 7 nitrogen and oxygen atoms in total. The number of aromatic nitrogens is 2. The summed E-state index contributed by atoms with van der Waals surface area (Å²) in [6.45, 7) is 5.78. The van der Waals surface area contributed by atoms with Crippen LogP contribution in [0.4, 0.5) is 10.5 Å². The molecule has 0 radical (unpaired) electrons. The molecule has 2 aliphatic rings. The average molecular weight is 319 g/mol. The second-order valence-electron chi connectivity index (χ2n) is 6.88. The lowest BCUT2D eigenvalue weighted by molar-refractivity contribution is -0.143. The van der Waals surface area contributed by atoms with Gasteiger partial charge in [0.1, 0.15) is 0 Å². The van der Waals surface area contributed by atoms with Gasteiger partial charge in [-0.3, -0.25) is 9.48 Å². The molecular formula is C16H25N5O2. The van der Waals surface area contributed by atoms with E-state index in [1.165, 1.54) is 0 Å². The van der Waals surface area contributed by atoms with Gasteiger partial charge in [-0.25, -0.2) is 4.79 Å². The fourth-order valence-electron chi connectivity index (χ4n) is 3.83. The van der Waals surface area contributed by atoms with Gasteiger partial charge in [0.05, 0.1) is 22.5 Å². The summed E-state index contributed by atoms with van der Waals surface area (Å²) in [5.74, 6) is 0.188. The second kappa shape index (κ2) is 5.54. The van der Waals surface area contributed by atoms with E-state index in [9.17, 15) is 9.59 Å². The normalized spacial score (nSPS) is 24.6. The maximum absolute atomic E-state index is 12.6. The Balaban J connectivity index is 1.71. The molecular weight excluding hydrogens is 294 g/mol. The molecule has 0 unspecified atom stereocenters. The molecule has 2 saturated heterocycles. The van der Waals surface area contributed by atoms with E-state index < -0.39 is 0 Å². The van der Waals surface area contributed by atoms with E-state index in [1.807, 2.05) is 27.9 Å². The highest BCUT2D eigenvalue weighted by Gasteiger charge is 2.48. The smallest absolute Gasteiger partial charge is 0.321 e. The van der Waals surface area contributed by atoms with Gasteiger partial charge in [-0.1, -0.05) is 0 Å². The Hall–Kier alpha value is -2.05. The molecule has 1 aromatic heterocycles. The molecule has 1 aromatic rings. The summed E-state index contributed by atoms with van der Waals surface area (Å²) < 4.78 is 1.76. The van der Waals surface area contributed by atoms with Crippen molar-refractivity contribution in [3.8, 4) is 0 Å². The second-order valence-corrected chi connectivity index (χ2v) is 6.88. The fraction of sp³-hybridized carbons (Fsp3) is 0.688. The lowest BCUT2D eigenvalue weighted by Gasteiger charge is -2.37. The Morgan fingerprint density at radius 1 is 1.22 bits per heavy atom. The molecule has 0 saturated carbocycles. The first-order valence-corrected chi connectivity index (χ1v) is 8.16. The summed E-state index contributed by atoms with van der Waals surface area (Å²) >= 11 is 0. The zero-order valence-corrected chi connectivity index (χ0v) is 14.3. The van der Waals surface area contributed by atoms with E-state index in [2.05, 4.69) is 10.4 Å². The van der Waals surface area contributed by atoms with Crippen molar-refractivity contribution in [1.82, 2.24) is 19.6 Å². The molecule has 2 fully saturated rings. The Kier molecular flexibility index (Phi) is 3.82. The lowest BCUT2D eigenvalue weighted by Crippen LogP contribution is -2.49. The molecule has 3 rings (SSSR count). The van der Waals surface area contributed by atoms with E-state index in [0.717, 1.165) is 42.9 Å². The first kappa shape index (κ1) is 15.8. The van der Waals surface area contributed by atoms with E-state index in [1.54, 1.807) is 14.5 Å². The van der Waals surface area contributed by atoms with Gasteiger partial charge >= 0.3 is 6.03 Å². The zero-order chi connectivity index (χ0) is 16.8. The number of likely N-dealkylation sites (tertiary alicyclic amines) is 2. The summed E-state index contributed by atoms with van der Waals surface area (Å²) in [4.78, 5) is 28.7. The van der Waals surface area contributed by atoms with Crippen LogP contribution >= 0.6 is 0 Å². The fourth-order valence-corrected chi connectivity index (χ4v) is 3.83. The van der Waals surface area contributed by atoms with Crippen LogP contribution in [0.3, 0.4) is 0 Å². The van der Waals surface area contributed by atoms with Crippen LogP contribution in [0, 0.1) is 19.3 Å². The maximum Gasteiger partial charge on any atom is 0.321 e. The number of hydrogen-bond acceptors (Lipinski definition) is 3. The van der Waals surface area contributed by atoms with Crippen LogP contribution in [-0.2, 0) is 11.8 Å². The van der Waals surface area contributed by atoms with Crippen molar-refractivity contribution in [2.45, 2.75) is 33.1 Å². The van der Waals surface area contributed by atoms with Crippen molar-refractivity contribution >= 4 is 17.6 Å². The molecule has 0 bridgehead atoms. The predicted molar refractivity (Wildman–Crippen MR) is 87.2 cm³/mol. The van der Waals surface area contributed by atoms with Crippen molar-refractivity contribution in [3.63, 3.8) is 0 Å². The largest absolute Gasteiger partial charge is 0.345 e. The molecule has 126 valence electrons. The van der Waals surface area contributed by atoms with Gasteiger partial charge in [-0.15, -0.1) is 0 Å². The number of piperidine rings is 1. The number of nitrogens with one attached hydrogen (secondary N) is 1. The van der Waals surface area contributed by atoms with E-state index in [-0.39, 0.29) is 17.4 Å². The highest BCUT2D eigenvalue weighted by Crippen LogP contribution is 2.39. The van der Waals surface area contributed by atoms with Crippen LogP contribution in [0.25, 0.3) is 0 Å². The first-order valence-electron chi connectivity index (χ1n) is 8.16. The summed E-state index contributed by atoms with van der Waals surface area (Å²) in [5.41, 5.74) is 2.13. The molecule has 2 aliphatic heterocycles. The van der Waals surface area contributed by atoms with Crippen LogP contribution in [0.2, 0.25) is 0 Å². The SMILES string of the molecule is Cc1nn(C)c(C)c1NC(=O)N1CC[C@]2(CCCN(C)C2=O)C1. The highest BCUT2D eigenvalue weighted by atomic mass is 16.2. The third kappa shape index (κ3) is 2.58. The molecule has 23 heavy (non-hydrogen) atoms. The van der Waals surface area contributed by atoms with E-state index >= 15 is 0 Å². The number of hydrogen-bond donors (Lipinski definition) is 1. The van der Waals surface area contributed by atoms with Gasteiger partial charge in [0, 0.05) is 33.7 Å². The van der Waals surface area contributed by atoms with Crippen molar-refractivity contribution in [2.24, 2.45) is 12.5 Å². The van der Waals surface area contributed by atoms with Crippen molar-refractivity contribution < 1.29 is 9.59 Å². The molecule has 0 aromatic carbocycles. The monoisotopic (exact) mass is 319 g/mol. The summed E-state index contributed by atoms with van der Waals surface area (Å²) in [7, 11) is 3.72. The quantitative estimate of drug-likeness (QED) is 0.853.